The van der Waals surface area contributed by atoms with Crippen molar-refractivity contribution in [3.63, 3.8) is 0 Å². The van der Waals surface area contributed by atoms with E-state index >= 15 is 0 Å². The van der Waals surface area contributed by atoms with Crippen LogP contribution in [0.2, 0.25) is 0 Å². The Balaban J connectivity index is 2.56. The van der Waals surface area contributed by atoms with Gasteiger partial charge < -0.3 is 4.42 Å². The number of hydrogen-bond donors (Lipinski definition) is 0. The van der Waals surface area contributed by atoms with Crippen molar-refractivity contribution in [1.29, 1.82) is 0 Å². The highest BCUT2D eigenvalue weighted by molar-refractivity contribution is 6.06. The van der Waals surface area contributed by atoms with Crippen LogP contribution in [-0.2, 0) is 4.79 Å². The van der Waals surface area contributed by atoms with Gasteiger partial charge in [0.15, 0.2) is 11.5 Å². The normalized spacial score (nSPS) is 9.75. The molecule has 12 heavy (non-hydrogen) atoms. The molecule has 0 amide bonds. The zero-order valence-corrected chi connectivity index (χ0v) is 6.25. The number of furan rings is 1. The molecule has 0 radical (unpaired) electrons. The summed E-state index contributed by atoms with van der Waals surface area (Å²) in [4.78, 5) is 21.5. The second kappa shape index (κ2) is 3.80. The Bertz CT molecular complexity index is 277. The molecule has 0 aromatic carbocycles. The Morgan fingerprint density at radius 3 is 2.75 bits per heavy atom. The molecule has 0 aliphatic carbocycles. The van der Waals surface area contributed by atoms with E-state index in [-0.39, 0.29) is 5.76 Å². The third kappa shape index (κ3) is 2.02. The predicted octanol–water partition coefficient (Wildman–Crippen LogP) is 1.39. The van der Waals surface area contributed by atoms with Crippen LogP contribution in [0, 0.1) is 0 Å². The van der Waals surface area contributed by atoms with Crippen molar-refractivity contribution in [2.45, 2.75) is 6.42 Å². The van der Waals surface area contributed by atoms with E-state index in [0.29, 0.717) is 0 Å². The summed E-state index contributed by atoms with van der Waals surface area (Å²) >= 11 is 0. The van der Waals surface area contributed by atoms with E-state index in [1.54, 1.807) is 0 Å². The molecule has 1 aromatic heterocycles. The highest BCUT2D eigenvalue weighted by Crippen LogP contribution is 2.04. The molecule has 0 unspecified atom stereocenters. The molecule has 0 aliphatic heterocycles. The van der Waals surface area contributed by atoms with Crippen LogP contribution in [0.1, 0.15) is 17.0 Å². The van der Waals surface area contributed by atoms with Gasteiger partial charge in [0.2, 0.25) is 5.78 Å². The summed E-state index contributed by atoms with van der Waals surface area (Å²) in [6.07, 6.45) is 0.900. The van der Waals surface area contributed by atoms with Gasteiger partial charge in [-0.25, -0.2) is 4.39 Å². The van der Waals surface area contributed by atoms with Crippen LogP contribution in [0.3, 0.4) is 0 Å². The smallest absolute Gasteiger partial charge is 0.205 e. The molecule has 64 valence electrons. The fraction of sp³-hybridized carbons (Fsp3) is 0.250. The summed E-state index contributed by atoms with van der Waals surface area (Å²) in [6.45, 7) is -1.10. The van der Waals surface area contributed by atoms with Gasteiger partial charge in [-0.2, -0.15) is 0 Å². The van der Waals surface area contributed by atoms with Crippen molar-refractivity contribution in [3.05, 3.63) is 24.2 Å². The Hall–Kier alpha value is -1.45. The third-order valence-electron chi connectivity index (χ3n) is 1.30. The molecule has 0 N–H and O–H groups in total. The van der Waals surface area contributed by atoms with Gasteiger partial charge in [0.1, 0.15) is 6.67 Å². The minimum Gasteiger partial charge on any atom is -0.461 e. The SMILES string of the molecule is O=C(CF)CC(=O)c1ccco1. The van der Waals surface area contributed by atoms with Gasteiger partial charge in [0.25, 0.3) is 0 Å². The van der Waals surface area contributed by atoms with E-state index in [1.807, 2.05) is 0 Å². The number of ketones is 2. The molecular weight excluding hydrogens is 163 g/mol. The first kappa shape index (κ1) is 8.64. The predicted molar refractivity (Wildman–Crippen MR) is 38.6 cm³/mol. The van der Waals surface area contributed by atoms with Gasteiger partial charge in [-0.1, -0.05) is 0 Å². The van der Waals surface area contributed by atoms with Gasteiger partial charge in [-0.05, 0) is 12.1 Å². The maximum atomic E-state index is 11.7. The summed E-state index contributed by atoms with van der Waals surface area (Å²) in [5.41, 5.74) is 0. The quantitative estimate of drug-likeness (QED) is 0.506. The molecule has 0 bridgehead atoms. The first-order chi connectivity index (χ1) is 5.74. The van der Waals surface area contributed by atoms with Crippen LogP contribution in [0.5, 0.6) is 0 Å². The van der Waals surface area contributed by atoms with Crippen molar-refractivity contribution in [2.24, 2.45) is 0 Å². The number of alkyl halides is 1. The van der Waals surface area contributed by atoms with Crippen LogP contribution in [0.4, 0.5) is 4.39 Å². The van der Waals surface area contributed by atoms with Crippen LogP contribution >= 0.6 is 0 Å². The molecule has 0 saturated heterocycles. The molecule has 1 rings (SSSR count). The largest absolute Gasteiger partial charge is 0.461 e. The number of rotatable bonds is 4. The van der Waals surface area contributed by atoms with E-state index in [4.69, 9.17) is 4.42 Å². The zero-order chi connectivity index (χ0) is 8.97. The molecule has 0 aliphatic rings. The maximum Gasteiger partial charge on any atom is 0.205 e. The molecule has 0 saturated carbocycles. The van der Waals surface area contributed by atoms with Crippen molar-refractivity contribution in [2.75, 3.05) is 6.67 Å². The Morgan fingerprint density at radius 1 is 1.50 bits per heavy atom. The molecule has 1 heterocycles. The third-order valence-corrected chi connectivity index (χ3v) is 1.30. The second-order valence-electron chi connectivity index (χ2n) is 2.25. The van der Waals surface area contributed by atoms with Crippen molar-refractivity contribution >= 4 is 11.6 Å². The van der Waals surface area contributed by atoms with Crippen LogP contribution in [-0.4, -0.2) is 18.2 Å². The fourth-order valence-electron chi connectivity index (χ4n) is 0.751. The fourth-order valence-corrected chi connectivity index (χ4v) is 0.751. The van der Waals surface area contributed by atoms with E-state index in [0.717, 1.165) is 0 Å². The standard InChI is InChI=1S/C8H7FO3/c9-5-6(10)4-7(11)8-2-1-3-12-8/h1-3H,4-5H2. The average Bonchev–Trinajstić information content (AvgIpc) is 2.56. The molecule has 4 heteroatoms. The molecule has 1 aromatic rings. The Kier molecular flexibility index (Phi) is 2.74. The lowest BCUT2D eigenvalue weighted by Crippen LogP contribution is -2.08. The highest BCUT2D eigenvalue weighted by atomic mass is 19.1. The monoisotopic (exact) mass is 170 g/mol. The van der Waals surface area contributed by atoms with Crippen molar-refractivity contribution in [1.82, 2.24) is 0 Å². The van der Waals surface area contributed by atoms with E-state index in [1.165, 1.54) is 18.4 Å². The Labute approximate surface area is 68.2 Å². The van der Waals surface area contributed by atoms with E-state index < -0.39 is 24.7 Å². The molecule has 0 spiro atoms. The van der Waals surface area contributed by atoms with E-state index in [2.05, 4.69) is 0 Å². The lowest BCUT2D eigenvalue weighted by atomic mass is 10.2. The van der Waals surface area contributed by atoms with Crippen LogP contribution in [0.25, 0.3) is 0 Å². The van der Waals surface area contributed by atoms with Crippen LogP contribution < -0.4 is 0 Å². The zero-order valence-electron chi connectivity index (χ0n) is 6.25. The molecule has 0 fully saturated rings. The minimum atomic E-state index is -1.10. The maximum absolute atomic E-state index is 11.7. The number of hydrogen-bond acceptors (Lipinski definition) is 3. The van der Waals surface area contributed by atoms with Crippen molar-refractivity contribution in [3.8, 4) is 0 Å². The van der Waals surface area contributed by atoms with E-state index in [9.17, 15) is 14.0 Å². The second-order valence-corrected chi connectivity index (χ2v) is 2.25. The van der Waals surface area contributed by atoms with Crippen LogP contribution in [0.15, 0.2) is 22.8 Å². The first-order valence-corrected chi connectivity index (χ1v) is 3.38. The molecule has 3 nitrogen and oxygen atoms in total. The summed E-state index contributed by atoms with van der Waals surface area (Å²) in [6, 6.07) is 2.97. The van der Waals surface area contributed by atoms with Gasteiger partial charge in [-0.15, -0.1) is 0 Å². The van der Waals surface area contributed by atoms with Gasteiger partial charge in [0.05, 0.1) is 12.7 Å². The minimum absolute atomic E-state index is 0.0943. The summed E-state index contributed by atoms with van der Waals surface area (Å²) in [5.74, 6) is -1.11. The van der Waals surface area contributed by atoms with Gasteiger partial charge in [0, 0.05) is 0 Å². The molecular formula is C8H7FO3. The summed E-state index contributed by atoms with van der Waals surface area (Å²) in [7, 11) is 0. The topological polar surface area (TPSA) is 47.3 Å². The van der Waals surface area contributed by atoms with Gasteiger partial charge >= 0.3 is 0 Å². The number of Topliss-reactive ketones (excluding diaryl/α,β-unsaturated/α-hetero) is 2. The van der Waals surface area contributed by atoms with Gasteiger partial charge in [-0.3, -0.25) is 9.59 Å². The summed E-state index contributed by atoms with van der Waals surface area (Å²) < 4.78 is 16.4. The number of carbonyl (C=O) groups excluding carboxylic acids is 2. The first-order valence-electron chi connectivity index (χ1n) is 3.38. The average molecular weight is 170 g/mol. The van der Waals surface area contributed by atoms with Crippen molar-refractivity contribution < 1.29 is 18.4 Å². The highest BCUT2D eigenvalue weighted by Gasteiger charge is 2.13. The number of halogens is 1. The number of carbonyl (C=O) groups is 2. The Morgan fingerprint density at radius 2 is 2.25 bits per heavy atom. The lowest BCUT2D eigenvalue weighted by Gasteiger charge is -1.91. The lowest BCUT2D eigenvalue weighted by molar-refractivity contribution is -0.119. The molecule has 0 atom stereocenters. The summed E-state index contributed by atoms with van der Waals surface area (Å²) in [5, 5.41) is 0.